The molecule has 1 amide bonds. The van der Waals surface area contributed by atoms with E-state index in [0.717, 1.165) is 11.1 Å². The van der Waals surface area contributed by atoms with Gasteiger partial charge in [-0.2, -0.15) is 0 Å². The minimum atomic E-state index is -1.27. The molecule has 0 aliphatic carbocycles. The highest BCUT2D eigenvalue weighted by molar-refractivity contribution is 7.99. The van der Waals surface area contributed by atoms with E-state index in [-0.39, 0.29) is 11.7 Å². The fourth-order valence-electron chi connectivity index (χ4n) is 2.81. The summed E-state index contributed by atoms with van der Waals surface area (Å²) in [7, 11) is 0. The molecule has 1 saturated heterocycles. The second-order valence-corrected chi connectivity index (χ2v) is 7.65. The van der Waals surface area contributed by atoms with Gasteiger partial charge >= 0.3 is 0 Å². The number of rotatable bonds is 3. The number of aliphatic carboxylic acids is 1. The first-order valence-electron chi connectivity index (χ1n) is 7.56. The first-order valence-corrected chi connectivity index (χ1v) is 9.36. The van der Waals surface area contributed by atoms with Crippen molar-refractivity contribution in [3.63, 3.8) is 0 Å². The molecule has 2 atom stereocenters. The van der Waals surface area contributed by atoms with E-state index in [1.54, 1.807) is 30.3 Å². The topological polar surface area (TPSA) is 60.4 Å². The van der Waals surface area contributed by atoms with Gasteiger partial charge in [-0.15, -0.1) is 11.8 Å². The number of carboxylic acids is 1. The third-order valence-corrected chi connectivity index (χ3v) is 6.17. The summed E-state index contributed by atoms with van der Waals surface area (Å²) in [5.74, 6) is -1.35. The highest BCUT2D eigenvalue weighted by Crippen LogP contribution is 2.43. The van der Waals surface area contributed by atoms with Gasteiger partial charge in [0.2, 0.25) is 0 Å². The van der Waals surface area contributed by atoms with E-state index < -0.39 is 17.4 Å². The maximum Gasteiger partial charge on any atom is 0.255 e. The lowest BCUT2D eigenvalue weighted by atomic mass is 10.1. The van der Waals surface area contributed by atoms with Crippen molar-refractivity contribution < 1.29 is 14.7 Å². The number of halogens is 2. The fraction of sp³-hybridized carbons (Fsp3) is 0.222. The van der Waals surface area contributed by atoms with Crippen LogP contribution in [0, 0.1) is 6.92 Å². The van der Waals surface area contributed by atoms with Crippen molar-refractivity contribution in [2.24, 2.45) is 0 Å². The van der Waals surface area contributed by atoms with Crippen LogP contribution in [0.5, 0.6) is 0 Å². The van der Waals surface area contributed by atoms with Crippen molar-refractivity contribution in [2.75, 3.05) is 5.75 Å². The molecule has 0 bridgehead atoms. The summed E-state index contributed by atoms with van der Waals surface area (Å²) >= 11 is 13.4. The maximum atomic E-state index is 13.1. The van der Waals surface area contributed by atoms with Gasteiger partial charge < -0.3 is 14.8 Å². The Morgan fingerprint density at radius 3 is 2.52 bits per heavy atom. The molecule has 0 aromatic heterocycles. The summed E-state index contributed by atoms with van der Waals surface area (Å²) in [4.78, 5) is 26.0. The molecule has 0 N–H and O–H groups in total. The van der Waals surface area contributed by atoms with Crippen LogP contribution in [-0.2, 0) is 4.79 Å². The van der Waals surface area contributed by atoms with Crippen molar-refractivity contribution >= 4 is 46.8 Å². The smallest absolute Gasteiger partial charge is 0.255 e. The Morgan fingerprint density at radius 1 is 1.16 bits per heavy atom. The average Bonchev–Trinajstić information content (AvgIpc) is 3.02. The van der Waals surface area contributed by atoms with E-state index in [0.29, 0.717) is 15.6 Å². The van der Waals surface area contributed by atoms with Gasteiger partial charge in [0.1, 0.15) is 5.37 Å². The van der Waals surface area contributed by atoms with Crippen LogP contribution in [0.15, 0.2) is 42.5 Å². The van der Waals surface area contributed by atoms with Gasteiger partial charge in [-0.25, -0.2) is 0 Å². The van der Waals surface area contributed by atoms with Crippen LogP contribution in [0.3, 0.4) is 0 Å². The van der Waals surface area contributed by atoms with Crippen molar-refractivity contribution in [3.8, 4) is 0 Å². The Bertz CT molecular complexity index is 843. The van der Waals surface area contributed by atoms with E-state index >= 15 is 0 Å². The van der Waals surface area contributed by atoms with Crippen LogP contribution in [0.1, 0.15) is 26.9 Å². The molecule has 3 rings (SSSR count). The van der Waals surface area contributed by atoms with E-state index in [1.165, 1.54) is 16.7 Å². The number of amides is 1. The molecule has 1 heterocycles. The molecule has 0 radical (unpaired) electrons. The Hall–Kier alpha value is -1.69. The molecule has 7 heteroatoms. The summed E-state index contributed by atoms with van der Waals surface area (Å²) in [6.07, 6.45) is 0. The molecule has 0 unspecified atom stereocenters. The van der Waals surface area contributed by atoms with Crippen LogP contribution < -0.4 is 5.11 Å². The summed E-state index contributed by atoms with van der Waals surface area (Å²) in [5.41, 5.74) is 1.99. The molecular weight excluding hydrogens is 381 g/mol. The van der Waals surface area contributed by atoms with Crippen LogP contribution >= 0.6 is 35.0 Å². The number of aryl methyl sites for hydroxylation is 1. The van der Waals surface area contributed by atoms with Crippen LogP contribution in [0.2, 0.25) is 10.0 Å². The Morgan fingerprint density at radius 2 is 1.88 bits per heavy atom. The predicted octanol–water partition coefficient (Wildman–Crippen LogP) is 3.31. The number of carbonyl (C=O) groups is 2. The second-order valence-electron chi connectivity index (χ2n) is 5.72. The molecule has 2 aromatic rings. The number of thioether (sulfide) groups is 1. The zero-order valence-corrected chi connectivity index (χ0v) is 15.6. The first-order chi connectivity index (χ1) is 11.9. The van der Waals surface area contributed by atoms with Crippen LogP contribution in [0.25, 0.3) is 0 Å². The van der Waals surface area contributed by atoms with E-state index in [2.05, 4.69) is 0 Å². The summed E-state index contributed by atoms with van der Waals surface area (Å²) in [6, 6.07) is 11.2. The van der Waals surface area contributed by atoms with Gasteiger partial charge in [0, 0.05) is 11.3 Å². The lowest BCUT2D eigenvalue weighted by Crippen LogP contribution is -2.49. The van der Waals surface area contributed by atoms with Gasteiger partial charge in [-0.05, 0) is 36.2 Å². The molecular formula is C18H14Cl2NO3S-. The molecule has 0 spiro atoms. The molecule has 4 nitrogen and oxygen atoms in total. The van der Waals surface area contributed by atoms with Gasteiger partial charge in [0.05, 0.1) is 22.1 Å². The number of nitrogens with zero attached hydrogens (tertiary/aromatic N) is 1. The van der Waals surface area contributed by atoms with Crippen molar-refractivity contribution in [1.82, 2.24) is 4.90 Å². The average molecular weight is 395 g/mol. The van der Waals surface area contributed by atoms with Crippen molar-refractivity contribution in [2.45, 2.75) is 18.3 Å². The molecule has 1 aliphatic heterocycles. The number of hydrogen-bond acceptors (Lipinski definition) is 4. The Labute approximate surface area is 159 Å². The van der Waals surface area contributed by atoms with Gasteiger partial charge in [-0.1, -0.05) is 47.5 Å². The summed E-state index contributed by atoms with van der Waals surface area (Å²) in [5, 5.41) is 11.9. The monoisotopic (exact) mass is 394 g/mol. The predicted molar refractivity (Wildman–Crippen MR) is 97.8 cm³/mol. The van der Waals surface area contributed by atoms with Crippen molar-refractivity contribution in [3.05, 3.63) is 69.2 Å². The van der Waals surface area contributed by atoms with E-state index in [4.69, 9.17) is 23.2 Å². The highest BCUT2D eigenvalue weighted by Gasteiger charge is 2.40. The second kappa shape index (κ2) is 7.28. The molecule has 0 saturated carbocycles. The molecule has 1 fully saturated rings. The van der Waals surface area contributed by atoms with Gasteiger partial charge in [0.15, 0.2) is 0 Å². The summed E-state index contributed by atoms with van der Waals surface area (Å²) in [6.45, 7) is 1.82. The number of hydrogen-bond donors (Lipinski definition) is 0. The Kier molecular flexibility index (Phi) is 5.27. The standard InChI is InChI=1S/C18H15Cl2NO3S/c1-10-4-2-3-5-12(10)16(22)21-15(18(23)24)9-25-17(21)11-6-7-13(19)14(20)8-11/h2-8,15,17H,9H2,1H3,(H,23,24)/p-1/t15-,17+/m1/s1. The molecule has 25 heavy (non-hydrogen) atoms. The molecule has 1 aliphatic rings. The number of carboxylic acid groups (broad SMARTS) is 1. The highest BCUT2D eigenvalue weighted by atomic mass is 35.5. The van der Waals surface area contributed by atoms with E-state index in [1.807, 2.05) is 19.1 Å². The zero-order valence-electron chi connectivity index (χ0n) is 13.2. The summed E-state index contributed by atoms with van der Waals surface area (Å²) < 4.78 is 0. The quantitative estimate of drug-likeness (QED) is 0.800. The lowest BCUT2D eigenvalue weighted by molar-refractivity contribution is -0.310. The van der Waals surface area contributed by atoms with Gasteiger partial charge in [0.25, 0.3) is 5.91 Å². The lowest BCUT2D eigenvalue weighted by Gasteiger charge is -2.31. The SMILES string of the molecule is Cc1ccccc1C(=O)N1[C@@H](C(=O)[O-])CS[C@H]1c1ccc(Cl)c(Cl)c1. The normalized spacial score (nSPS) is 19.9. The third-order valence-electron chi connectivity index (χ3n) is 4.11. The van der Waals surface area contributed by atoms with Gasteiger partial charge in [-0.3, -0.25) is 4.79 Å². The molecule has 130 valence electrons. The van der Waals surface area contributed by atoms with Crippen LogP contribution in [-0.4, -0.2) is 28.6 Å². The first kappa shape index (κ1) is 18.1. The minimum Gasteiger partial charge on any atom is -0.548 e. The minimum absolute atomic E-state index is 0.255. The Balaban J connectivity index is 2.03. The van der Waals surface area contributed by atoms with Crippen molar-refractivity contribution in [1.29, 1.82) is 0 Å². The molecule has 2 aromatic carbocycles. The third kappa shape index (κ3) is 3.50. The number of benzene rings is 2. The largest absolute Gasteiger partial charge is 0.548 e. The van der Waals surface area contributed by atoms with Crippen LogP contribution in [0.4, 0.5) is 0 Å². The van der Waals surface area contributed by atoms with E-state index in [9.17, 15) is 14.7 Å². The number of carbonyl (C=O) groups excluding carboxylic acids is 2. The fourth-order valence-corrected chi connectivity index (χ4v) is 4.52. The zero-order chi connectivity index (χ0) is 18.1. The maximum absolute atomic E-state index is 13.1.